The topological polar surface area (TPSA) is 50.4 Å². The predicted molar refractivity (Wildman–Crippen MR) is 102 cm³/mol. The quantitative estimate of drug-likeness (QED) is 0.717. The van der Waals surface area contributed by atoms with Gasteiger partial charge in [-0.3, -0.25) is 4.79 Å². The third kappa shape index (κ3) is 4.17. The highest BCUT2D eigenvalue weighted by Gasteiger charge is 2.13. The van der Waals surface area contributed by atoms with Crippen LogP contribution in [0, 0.1) is 0 Å². The molecule has 3 aromatic rings. The van der Waals surface area contributed by atoms with Gasteiger partial charge < -0.3 is 15.4 Å². The Morgan fingerprint density at radius 3 is 2.48 bits per heavy atom. The molecule has 0 heterocycles. The molecule has 0 bridgehead atoms. The Bertz CT molecular complexity index is 854. The van der Waals surface area contributed by atoms with E-state index in [1.165, 1.54) is 0 Å². The Hall–Kier alpha value is -2.85. The van der Waals surface area contributed by atoms with Crippen LogP contribution in [0.15, 0.2) is 66.7 Å². The van der Waals surface area contributed by atoms with Gasteiger partial charge in [0.25, 0.3) is 0 Å². The molecule has 1 atom stereocenters. The van der Waals surface area contributed by atoms with Crippen molar-refractivity contribution >= 4 is 22.4 Å². The summed E-state index contributed by atoms with van der Waals surface area (Å²) in [6.45, 7) is 2.48. The fraction of sp³-hybridized carbons (Fsp3) is 0.190. The van der Waals surface area contributed by atoms with Crippen molar-refractivity contribution in [3.63, 3.8) is 0 Å². The summed E-state index contributed by atoms with van der Waals surface area (Å²) in [4.78, 5) is 12.5. The molecule has 3 aromatic carbocycles. The lowest BCUT2D eigenvalue weighted by atomic mass is 10.1. The van der Waals surface area contributed by atoms with Crippen LogP contribution in [0.3, 0.4) is 0 Å². The highest BCUT2D eigenvalue weighted by atomic mass is 16.5. The van der Waals surface area contributed by atoms with E-state index in [4.69, 9.17) is 4.74 Å². The predicted octanol–water partition coefficient (Wildman–Crippen LogP) is 3.97. The minimum absolute atomic E-state index is 0.0511. The Balaban J connectivity index is 1.62. The molecule has 3 rings (SSSR count). The lowest BCUT2D eigenvalue weighted by Gasteiger charge is -2.15. The lowest BCUT2D eigenvalue weighted by molar-refractivity contribution is -0.117. The Morgan fingerprint density at radius 2 is 1.72 bits per heavy atom. The molecule has 4 heteroatoms. The smallest absolute Gasteiger partial charge is 0.241 e. The van der Waals surface area contributed by atoms with Crippen LogP contribution in [0.5, 0.6) is 5.75 Å². The molecule has 0 saturated heterocycles. The van der Waals surface area contributed by atoms with Gasteiger partial charge in [-0.15, -0.1) is 0 Å². The maximum atomic E-state index is 12.5. The zero-order valence-corrected chi connectivity index (χ0v) is 14.5. The number of ether oxygens (including phenoxy) is 1. The SMILES string of the molecule is COc1ccc(CNC(C)C(=O)Nc2cccc3ccccc23)cc1. The van der Waals surface area contributed by atoms with E-state index in [1.807, 2.05) is 73.7 Å². The second-order valence-corrected chi connectivity index (χ2v) is 5.97. The van der Waals surface area contributed by atoms with Crippen LogP contribution in [0.4, 0.5) is 5.69 Å². The molecule has 2 N–H and O–H groups in total. The standard InChI is InChI=1S/C21H22N2O2/c1-15(22-14-16-10-12-18(25-2)13-11-16)21(24)23-20-9-5-7-17-6-3-4-8-19(17)20/h3-13,15,22H,14H2,1-2H3,(H,23,24). The van der Waals surface area contributed by atoms with E-state index in [2.05, 4.69) is 10.6 Å². The molecule has 25 heavy (non-hydrogen) atoms. The summed E-state index contributed by atoms with van der Waals surface area (Å²) >= 11 is 0. The first-order chi connectivity index (χ1) is 12.2. The number of methoxy groups -OCH3 is 1. The molecule has 0 aliphatic rings. The average Bonchev–Trinajstić information content (AvgIpc) is 2.66. The third-order valence-corrected chi connectivity index (χ3v) is 4.21. The summed E-state index contributed by atoms with van der Waals surface area (Å²) in [5.41, 5.74) is 1.94. The molecule has 0 spiro atoms. The molecule has 0 aliphatic heterocycles. The van der Waals surface area contributed by atoms with Gasteiger partial charge in [0, 0.05) is 17.6 Å². The number of rotatable bonds is 6. The van der Waals surface area contributed by atoms with Crippen molar-refractivity contribution in [1.82, 2.24) is 5.32 Å². The maximum Gasteiger partial charge on any atom is 0.241 e. The largest absolute Gasteiger partial charge is 0.497 e. The molecule has 0 aromatic heterocycles. The average molecular weight is 334 g/mol. The summed E-state index contributed by atoms with van der Waals surface area (Å²) in [6.07, 6.45) is 0. The number of nitrogens with one attached hydrogen (secondary N) is 2. The molecule has 1 unspecified atom stereocenters. The van der Waals surface area contributed by atoms with Crippen molar-refractivity contribution in [3.8, 4) is 5.75 Å². The number of fused-ring (bicyclic) bond motifs is 1. The van der Waals surface area contributed by atoms with E-state index in [1.54, 1.807) is 7.11 Å². The number of hydrogen-bond donors (Lipinski definition) is 2. The van der Waals surface area contributed by atoms with E-state index in [0.29, 0.717) is 6.54 Å². The van der Waals surface area contributed by atoms with Gasteiger partial charge in [0.2, 0.25) is 5.91 Å². The molecule has 0 saturated carbocycles. The van der Waals surface area contributed by atoms with E-state index in [9.17, 15) is 4.79 Å². The minimum atomic E-state index is -0.305. The van der Waals surface area contributed by atoms with Gasteiger partial charge >= 0.3 is 0 Å². The Morgan fingerprint density at radius 1 is 1.00 bits per heavy atom. The summed E-state index contributed by atoms with van der Waals surface area (Å²) < 4.78 is 5.15. The van der Waals surface area contributed by atoms with Crippen LogP contribution >= 0.6 is 0 Å². The maximum absolute atomic E-state index is 12.5. The molecule has 0 aliphatic carbocycles. The molecule has 1 amide bonds. The molecule has 128 valence electrons. The zero-order valence-electron chi connectivity index (χ0n) is 14.5. The second-order valence-electron chi connectivity index (χ2n) is 5.97. The van der Waals surface area contributed by atoms with Crippen LogP contribution < -0.4 is 15.4 Å². The molecule has 4 nitrogen and oxygen atoms in total. The van der Waals surface area contributed by atoms with Crippen molar-refractivity contribution in [2.75, 3.05) is 12.4 Å². The Labute approximate surface area is 147 Å². The molecular formula is C21H22N2O2. The minimum Gasteiger partial charge on any atom is -0.497 e. The van der Waals surface area contributed by atoms with Gasteiger partial charge in [-0.05, 0) is 36.1 Å². The van der Waals surface area contributed by atoms with E-state index < -0.39 is 0 Å². The number of carbonyl (C=O) groups is 1. The van der Waals surface area contributed by atoms with Crippen molar-refractivity contribution in [1.29, 1.82) is 0 Å². The first-order valence-corrected chi connectivity index (χ1v) is 8.32. The normalized spacial score (nSPS) is 11.9. The van der Waals surface area contributed by atoms with Gasteiger partial charge in [0.15, 0.2) is 0 Å². The van der Waals surface area contributed by atoms with Crippen molar-refractivity contribution < 1.29 is 9.53 Å². The molecule has 0 fully saturated rings. The van der Waals surface area contributed by atoms with Gasteiger partial charge in [0.05, 0.1) is 13.2 Å². The lowest BCUT2D eigenvalue weighted by Crippen LogP contribution is -2.37. The fourth-order valence-electron chi connectivity index (χ4n) is 2.68. The monoisotopic (exact) mass is 334 g/mol. The summed E-state index contributed by atoms with van der Waals surface area (Å²) in [5.74, 6) is 0.773. The van der Waals surface area contributed by atoms with Crippen LogP contribution in [-0.4, -0.2) is 19.1 Å². The van der Waals surface area contributed by atoms with E-state index >= 15 is 0 Å². The number of anilines is 1. The highest BCUT2D eigenvalue weighted by Crippen LogP contribution is 2.23. The van der Waals surface area contributed by atoms with Gasteiger partial charge in [0.1, 0.15) is 5.75 Å². The van der Waals surface area contributed by atoms with Crippen molar-refractivity contribution in [3.05, 3.63) is 72.3 Å². The number of benzene rings is 3. The van der Waals surface area contributed by atoms with E-state index in [-0.39, 0.29) is 11.9 Å². The Kier molecular flexibility index (Phi) is 5.31. The van der Waals surface area contributed by atoms with Crippen LogP contribution in [0.2, 0.25) is 0 Å². The van der Waals surface area contributed by atoms with Crippen LogP contribution in [-0.2, 0) is 11.3 Å². The van der Waals surface area contributed by atoms with Gasteiger partial charge in [-0.1, -0.05) is 48.5 Å². The van der Waals surface area contributed by atoms with Crippen LogP contribution in [0.1, 0.15) is 12.5 Å². The van der Waals surface area contributed by atoms with Gasteiger partial charge in [-0.25, -0.2) is 0 Å². The van der Waals surface area contributed by atoms with E-state index in [0.717, 1.165) is 27.8 Å². The number of hydrogen-bond acceptors (Lipinski definition) is 3. The summed E-state index contributed by atoms with van der Waals surface area (Å²) in [5, 5.41) is 8.42. The van der Waals surface area contributed by atoms with Crippen LogP contribution in [0.25, 0.3) is 10.8 Å². The highest BCUT2D eigenvalue weighted by molar-refractivity contribution is 6.03. The molecular weight excluding hydrogens is 312 g/mol. The second kappa shape index (κ2) is 7.81. The summed E-state index contributed by atoms with van der Waals surface area (Å²) in [6, 6.07) is 21.4. The first-order valence-electron chi connectivity index (χ1n) is 8.32. The van der Waals surface area contributed by atoms with Gasteiger partial charge in [-0.2, -0.15) is 0 Å². The summed E-state index contributed by atoms with van der Waals surface area (Å²) in [7, 11) is 1.65. The van der Waals surface area contributed by atoms with Crippen molar-refractivity contribution in [2.45, 2.75) is 19.5 Å². The van der Waals surface area contributed by atoms with Crippen molar-refractivity contribution in [2.24, 2.45) is 0 Å². The molecule has 0 radical (unpaired) electrons. The first kappa shape index (κ1) is 17.0. The zero-order chi connectivity index (χ0) is 17.6. The third-order valence-electron chi connectivity index (χ3n) is 4.21. The number of amides is 1. The number of carbonyl (C=O) groups excluding carboxylic acids is 1. The fourth-order valence-corrected chi connectivity index (χ4v) is 2.68.